The van der Waals surface area contributed by atoms with Crippen molar-refractivity contribution in [1.29, 1.82) is 0 Å². The molecular formula is C27H30N2O5. The molecule has 5 rings (SSSR count). The molecule has 0 unspecified atom stereocenters. The lowest BCUT2D eigenvalue weighted by molar-refractivity contribution is -0.143. The SMILES string of the molecule is O=C(NC1(C(=O)N[C@@H]2CCCCC[C@@H]2C(=O)O)CC1)OCC1c2ccccc2-c2ccccc21. The summed E-state index contributed by atoms with van der Waals surface area (Å²) >= 11 is 0. The van der Waals surface area contributed by atoms with Crippen LogP contribution >= 0.6 is 0 Å². The summed E-state index contributed by atoms with van der Waals surface area (Å²) in [5.74, 6) is -1.82. The Hall–Kier alpha value is -3.35. The number of carboxylic acids is 1. The highest BCUT2D eigenvalue weighted by Crippen LogP contribution is 2.44. The van der Waals surface area contributed by atoms with Gasteiger partial charge in [-0.3, -0.25) is 9.59 Å². The Labute approximate surface area is 198 Å². The summed E-state index contributed by atoms with van der Waals surface area (Å²) in [6.45, 7) is 0.182. The van der Waals surface area contributed by atoms with E-state index >= 15 is 0 Å². The van der Waals surface area contributed by atoms with Crippen LogP contribution in [0.25, 0.3) is 11.1 Å². The number of ether oxygens (including phenoxy) is 1. The highest BCUT2D eigenvalue weighted by Gasteiger charge is 2.52. The molecule has 3 aliphatic carbocycles. The first-order valence-corrected chi connectivity index (χ1v) is 12.2. The molecule has 2 aromatic rings. The second kappa shape index (κ2) is 9.12. The Kier molecular flexibility index (Phi) is 6.02. The third-order valence-corrected chi connectivity index (χ3v) is 7.52. The van der Waals surface area contributed by atoms with Crippen molar-refractivity contribution in [3.63, 3.8) is 0 Å². The summed E-state index contributed by atoms with van der Waals surface area (Å²) in [5.41, 5.74) is 3.56. The monoisotopic (exact) mass is 462 g/mol. The molecule has 178 valence electrons. The standard InChI is InChI=1S/C27H30N2O5/c30-24(31)21-12-2-1-3-13-23(21)28-25(32)27(14-15-27)29-26(33)34-16-22-19-10-6-4-8-17(19)18-9-5-7-11-20(18)22/h4-11,21-23H,1-3,12-16H2,(H,28,32)(H,29,33)(H,30,31)/t21-,23+/m0/s1. The van der Waals surface area contributed by atoms with Gasteiger partial charge in [0.25, 0.3) is 0 Å². The van der Waals surface area contributed by atoms with E-state index in [9.17, 15) is 19.5 Å². The van der Waals surface area contributed by atoms with E-state index in [2.05, 4.69) is 34.9 Å². The van der Waals surface area contributed by atoms with Crippen molar-refractivity contribution in [1.82, 2.24) is 10.6 Å². The van der Waals surface area contributed by atoms with E-state index in [1.165, 1.54) is 0 Å². The molecule has 0 radical (unpaired) electrons. The van der Waals surface area contributed by atoms with E-state index in [0.717, 1.165) is 41.5 Å². The number of alkyl carbamates (subject to hydrolysis) is 1. The van der Waals surface area contributed by atoms with E-state index in [0.29, 0.717) is 25.7 Å². The van der Waals surface area contributed by atoms with Crippen LogP contribution in [0, 0.1) is 5.92 Å². The van der Waals surface area contributed by atoms with Gasteiger partial charge in [0.1, 0.15) is 12.1 Å². The second-order valence-corrected chi connectivity index (χ2v) is 9.70. The number of carbonyl (C=O) groups is 3. The molecule has 34 heavy (non-hydrogen) atoms. The maximum Gasteiger partial charge on any atom is 0.408 e. The first kappa shape index (κ1) is 22.4. The fraction of sp³-hybridized carbons (Fsp3) is 0.444. The number of amides is 2. The minimum atomic E-state index is -1.00. The second-order valence-electron chi connectivity index (χ2n) is 9.70. The van der Waals surface area contributed by atoms with Gasteiger partial charge < -0.3 is 20.5 Å². The summed E-state index contributed by atoms with van der Waals surface area (Å²) in [5, 5.41) is 15.3. The topological polar surface area (TPSA) is 105 Å². The van der Waals surface area contributed by atoms with Gasteiger partial charge in [-0.2, -0.15) is 0 Å². The van der Waals surface area contributed by atoms with Gasteiger partial charge >= 0.3 is 12.1 Å². The smallest absolute Gasteiger partial charge is 0.408 e. The average molecular weight is 463 g/mol. The Morgan fingerprint density at radius 2 is 1.53 bits per heavy atom. The molecule has 0 aliphatic heterocycles. The Bertz CT molecular complexity index is 1060. The maximum absolute atomic E-state index is 13.0. The van der Waals surface area contributed by atoms with Crippen LogP contribution in [0.5, 0.6) is 0 Å². The molecule has 0 spiro atoms. The summed E-state index contributed by atoms with van der Waals surface area (Å²) in [7, 11) is 0. The van der Waals surface area contributed by atoms with E-state index < -0.39 is 29.6 Å². The average Bonchev–Trinajstić information content (AvgIpc) is 3.59. The molecular weight excluding hydrogens is 432 g/mol. The third kappa shape index (κ3) is 4.27. The fourth-order valence-electron chi connectivity index (χ4n) is 5.45. The number of hydrogen-bond donors (Lipinski definition) is 3. The molecule has 2 fully saturated rings. The Morgan fingerprint density at radius 1 is 0.912 bits per heavy atom. The zero-order valence-corrected chi connectivity index (χ0v) is 19.1. The van der Waals surface area contributed by atoms with Crippen LogP contribution in [0.1, 0.15) is 62.0 Å². The Balaban J connectivity index is 1.21. The quantitative estimate of drug-likeness (QED) is 0.558. The van der Waals surface area contributed by atoms with Gasteiger partial charge in [0.15, 0.2) is 0 Å². The highest BCUT2D eigenvalue weighted by molar-refractivity contribution is 5.93. The number of fused-ring (bicyclic) bond motifs is 3. The molecule has 7 heteroatoms. The largest absolute Gasteiger partial charge is 0.481 e. The van der Waals surface area contributed by atoms with E-state index in [-0.39, 0.29) is 18.4 Å². The van der Waals surface area contributed by atoms with E-state index in [4.69, 9.17) is 4.74 Å². The van der Waals surface area contributed by atoms with Crippen LogP contribution in [0.3, 0.4) is 0 Å². The van der Waals surface area contributed by atoms with Gasteiger partial charge in [-0.15, -0.1) is 0 Å². The normalized spacial score (nSPS) is 22.6. The van der Waals surface area contributed by atoms with Crippen LogP contribution in [-0.4, -0.2) is 41.3 Å². The minimum Gasteiger partial charge on any atom is -0.481 e. The third-order valence-electron chi connectivity index (χ3n) is 7.52. The lowest BCUT2D eigenvalue weighted by atomic mass is 9.94. The van der Waals surface area contributed by atoms with Crippen molar-refractivity contribution >= 4 is 18.0 Å². The minimum absolute atomic E-state index is 0.0514. The van der Waals surface area contributed by atoms with Crippen LogP contribution in [-0.2, 0) is 14.3 Å². The lowest BCUT2D eigenvalue weighted by Gasteiger charge is -2.26. The number of benzene rings is 2. The number of nitrogens with one attached hydrogen (secondary N) is 2. The zero-order valence-electron chi connectivity index (χ0n) is 19.1. The summed E-state index contributed by atoms with van der Waals surface area (Å²) < 4.78 is 5.61. The number of carboxylic acid groups (broad SMARTS) is 1. The van der Waals surface area contributed by atoms with Crippen molar-refractivity contribution < 1.29 is 24.2 Å². The lowest BCUT2D eigenvalue weighted by Crippen LogP contribution is -2.54. The van der Waals surface area contributed by atoms with Crippen molar-refractivity contribution in [2.75, 3.05) is 6.61 Å². The molecule has 0 heterocycles. The van der Waals surface area contributed by atoms with Crippen LogP contribution in [0.4, 0.5) is 4.79 Å². The molecule has 2 aromatic carbocycles. The molecule has 2 atom stereocenters. The number of carbonyl (C=O) groups excluding carboxylic acids is 2. The molecule has 3 N–H and O–H groups in total. The summed E-state index contributed by atoms with van der Waals surface area (Å²) in [6, 6.07) is 15.8. The molecule has 0 bridgehead atoms. The molecule has 2 amide bonds. The van der Waals surface area contributed by atoms with Gasteiger partial charge in [0, 0.05) is 12.0 Å². The number of aliphatic carboxylic acids is 1. The molecule has 7 nitrogen and oxygen atoms in total. The van der Waals surface area contributed by atoms with Crippen molar-refractivity contribution in [3.8, 4) is 11.1 Å². The van der Waals surface area contributed by atoms with Gasteiger partial charge in [-0.25, -0.2) is 4.79 Å². The maximum atomic E-state index is 13.0. The van der Waals surface area contributed by atoms with Crippen LogP contribution in [0.2, 0.25) is 0 Å². The van der Waals surface area contributed by atoms with E-state index in [1.54, 1.807) is 0 Å². The molecule has 0 saturated heterocycles. The van der Waals surface area contributed by atoms with Crippen molar-refractivity contribution in [3.05, 3.63) is 59.7 Å². The van der Waals surface area contributed by atoms with Gasteiger partial charge in [-0.1, -0.05) is 67.8 Å². The van der Waals surface area contributed by atoms with E-state index in [1.807, 2.05) is 24.3 Å². The number of hydrogen-bond acceptors (Lipinski definition) is 4. The first-order chi connectivity index (χ1) is 16.5. The first-order valence-electron chi connectivity index (χ1n) is 12.2. The predicted octanol–water partition coefficient (Wildman–Crippen LogP) is 4.21. The predicted molar refractivity (Wildman–Crippen MR) is 126 cm³/mol. The van der Waals surface area contributed by atoms with Crippen molar-refractivity contribution in [2.24, 2.45) is 5.92 Å². The Morgan fingerprint density at radius 3 is 2.15 bits per heavy atom. The summed E-state index contributed by atoms with van der Waals surface area (Å²) in [6.07, 6.45) is 4.34. The molecule has 2 saturated carbocycles. The number of rotatable bonds is 6. The van der Waals surface area contributed by atoms with Crippen LogP contribution in [0.15, 0.2) is 48.5 Å². The fourth-order valence-corrected chi connectivity index (χ4v) is 5.45. The van der Waals surface area contributed by atoms with Gasteiger partial charge in [0.05, 0.1) is 5.92 Å². The van der Waals surface area contributed by atoms with Gasteiger partial charge in [0.2, 0.25) is 5.91 Å². The van der Waals surface area contributed by atoms with Crippen molar-refractivity contribution in [2.45, 2.75) is 62.4 Å². The zero-order chi connectivity index (χ0) is 23.7. The summed E-state index contributed by atoms with van der Waals surface area (Å²) in [4.78, 5) is 37.4. The highest BCUT2D eigenvalue weighted by atomic mass is 16.5. The van der Waals surface area contributed by atoms with Crippen LogP contribution < -0.4 is 10.6 Å². The van der Waals surface area contributed by atoms with Gasteiger partial charge in [-0.05, 0) is 47.9 Å². The molecule has 3 aliphatic rings. The molecule has 0 aromatic heterocycles.